The molecule has 1 aliphatic rings. The Morgan fingerprint density at radius 3 is 2.93 bits per heavy atom. The monoisotopic (exact) mass is 215 g/mol. The highest BCUT2D eigenvalue weighted by atomic mass is 16.4. The zero-order valence-corrected chi connectivity index (χ0v) is 9.26. The van der Waals surface area contributed by atoms with Gasteiger partial charge in [0.2, 0.25) is 0 Å². The number of likely N-dealkylation sites (tertiary alicyclic amines) is 1. The van der Waals surface area contributed by atoms with E-state index in [1.807, 2.05) is 6.92 Å². The van der Waals surface area contributed by atoms with Gasteiger partial charge in [-0.2, -0.15) is 0 Å². The highest BCUT2D eigenvalue weighted by Crippen LogP contribution is 2.17. The van der Waals surface area contributed by atoms with Crippen molar-refractivity contribution >= 4 is 5.84 Å². The van der Waals surface area contributed by atoms with Gasteiger partial charge >= 0.3 is 0 Å². The minimum absolute atomic E-state index is 0.0298. The number of oxime groups is 1. The molecule has 1 fully saturated rings. The average molecular weight is 215 g/mol. The van der Waals surface area contributed by atoms with Crippen LogP contribution in [0, 0.1) is 5.92 Å². The largest absolute Gasteiger partial charge is 0.409 e. The van der Waals surface area contributed by atoms with Gasteiger partial charge in [0.1, 0.15) is 5.84 Å². The second-order valence-corrected chi connectivity index (χ2v) is 4.25. The van der Waals surface area contributed by atoms with E-state index >= 15 is 0 Å². The average Bonchev–Trinajstić information content (AvgIpc) is 2.28. The molecular weight excluding hydrogens is 194 g/mol. The van der Waals surface area contributed by atoms with Crippen LogP contribution in [0.2, 0.25) is 0 Å². The van der Waals surface area contributed by atoms with Crippen molar-refractivity contribution in [2.75, 3.05) is 19.7 Å². The molecule has 0 spiro atoms. The Hall–Kier alpha value is -0.810. The van der Waals surface area contributed by atoms with Crippen LogP contribution in [-0.2, 0) is 0 Å². The van der Waals surface area contributed by atoms with E-state index in [4.69, 9.17) is 10.9 Å². The van der Waals surface area contributed by atoms with Gasteiger partial charge in [-0.3, -0.25) is 4.90 Å². The van der Waals surface area contributed by atoms with E-state index in [1.54, 1.807) is 0 Å². The molecule has 0 saturated carbocycles. The number of hydrogen-bond acceptors (Lipinski definition) is 4. The number of aliphatic hydroxyl groups is 1. The van der Waals surface area contributed by atoms with Gasteiger partial charge in [-0.15, -0.1) is 0 Å². The molecule has 2 unspecified atom stereocenters. The van der Waals surface area contributed by atoms with E-state index in [1.165, 1.54) is 12.8 Å². The number of hydrogen-bond donors (Lipinski definition) is 3. The smallest absolute Gasteiger partial charge is 0.143 e. The van der Waals surface area contributed by atoms with Gasteiger partial charge in [0.25, 0.3) is 0 Å². The van der Waals surface area contributed by atoms with Crippen LogP contribution in [0.15, 0.2) is 5.16 Å². The first-order valence-corrected chi connectivity index (χ1v) is 5.51. The molecule has 0 aliphatic carbocycles. The minimum atomic E-state index is 0.0298. The van der Waals surface area contributed by atoms with Crippen molar-refractivity contribution in [3.05, 3.63) is 0 Å². The van der Waals surface area contributed by atoms with Gasteiger partial charge in [-0.1, -0.05) is 18.5 Å². The van der Waals surface area contributed by atoms with Crippen LogP contribution in [0.4, 0.5) is 0 Å². The number of nitrogens with two attached hydrogens (primary N) is 1. The van der Waals surface area contributed by atoms with E-state index in [0.717, 1.165) is 19.5 Å². The second-order valence-electron chi connectivity index (χ2n) is 4.25. The maximum Gasteiger partial charge on any atom is 0.143 e. The van der Waals surface area contributed by atoms with Gasteiger partial charge in [0, 0.05) is 18.5 Å². The number of piperidine rings is 1. The lowest BCUT2D eigenvalue weighted by Crippen LogP contribution is -2.45. The number of aliphatic hydroxyl groups excluding tert-OH is 1. The molecule has 4 N–H and O–H groups in total. The zero-order chi connectivity index (χ0) is 11.3. The summed E-state index contributed by atoms with van der Waals surface area (Å²) in [6, 6.07) is 0.243. The normalized spacial score (nSPS) is 26.5. The maximum atomic E-state index is 9.22. The molecule has 1 rings (SSSR count). The molecular formula is C10H21N3O2. The summed E-state index contributed by atoms with van der Waals surface area (Å²) in [5, 5.41) is 20.8. The molecule has 2 atom stereocenters. The number of rotatable bonds is 4. The Kier molecular flexibility index (Phi) is 4.84. The van der Waals surface area contributed by atoms with Crippen molar-refractivity contribution in [3.63, 3.8) is 0 Å². The van der Waals surface area contributed by atoms with E-state index in [2.05, 4.69) is 10.1 Å². The van der Waals surface area contributed by atoms with Crippen molar-refractivity contribution in [1.82, 2.24) is 4.90 Å². The molecule has 1 saturated heterocycles. The Morgan fingerprint density at radius 1 is 1.60 bits per heavy atom. The SMILES string of the molecule is CC(CN1CCCCC1CO)/C(N)=N/O. The van der Waals surface area contributed by atoms with Crippen LogP contribution in [-0.4, -0.2) is 46.8 Å². The fourth-order valence-electron chi connectivity index (χ4n) is 2.05. The molecule has 88 valence electrons. The van der Waals surface area contributed by atoms with Crippen molar-refractivity contribution in [1.29, 1.82) is 0 Å². The lowest BCUT2D eigenvalue weighted by Gasteiger charge is -2.35. The molecule has 0 aromatic heterocycles. The first-order chi connectivity index (χ1) is 7.19. The van der Waals surface area contributed by atoms with Crippen LogP contribution in [0.3, 0.4) is 0 Å². The Balaban J connectivity index is 2.47. The second kappa shape index (κ2) is 5.92. The molecule has 5 nitrogen and oxygen atoms in total. The van der Waals surface area contributed by atoms with Gasteiger partial charge in [0.15, 0.2) is 0 Å². The van der Waals surface area contributed by atoms with Crippen LogP contribution >= 0.6 is 0 Å². The quantitative estimate of drug-likeness (QED) is 0.271. The number of nitrogens with zero attached hydrogens (tertiary/aromatic N) is 2. The summed E-state index contributed by atoms with van der Waals surface area (Å²) < 4.78 is 0. The van der Waals surface area contributed by atoms with E-state index in [0.29, 0.717) is 0 Å². The van der Waals surface area contributed by atoms with Crippen molar-refractivity contribution in [2.24, 2.45) is 16.8 Å². The van der Waals surface area contributed by atoms with E-state index in [9.17, 15) is 5.11 Å². The van der Waals surface area contributed by atoms with Gasteiger partial charge < -0.3 is 16.0 Å². The third-order valence-corrected chi connectivity index (χ3v) is 3.09. The molecule has 0 bridgehead atoms. The lowest BCUT2D eigenvalue weighted by atomic mass is 10.0. The summed E-state index contributed by atoms with van der Waals surface area (Å²) in [7, 11) is 0. The van der Waals surface area contributed by atoms with Crippen LogP contribution in [0.25, 0.3) is 0 Å². The summed E-state index contributed by atoms with van der Waals surface area (Å²) >= 11 is 0. The molecule has 0 radical (unpaired) electrons. The van der Waals surface area contributed by atoms with Crippen LogP contribution in [0.5, 0.6) is 0 Å². The van der Waals surface area contributed by atoms with Crippen molar-refractivity contribution in [3.8, 4) is 0 Å². The fourth-order valence-corrected chi connectivity index (χ4v) is 2.05. The summed E-state index contributed by atoms with van der Waals surface area (Å²) in [6.07, 6.45) is 3.39. The summed E-state index contributed by atoms with van der Waals surface area (Å²) in [4.78, 5) is 2.23. The highest BCUT2D eigenvalue weighted by molar-refractivity contribution is 5.82. The van der Waals surface area contributed by atoms with Crippen LogP contribution in [0.1, 0.15) is 26.2 Å². The van der Waals surface area contributed by atoms with E-state index in [-0.39, 0.29) is 24.4 Å². The Bertz CT molecular complexity index is 221. The predicted molar refractivity (Wildman–Crippen MR) is 58.9 cm³/mol. The third-order valence-electron chi connectivity index (χ3n) is 3.09. The molecule has 15 heavy (non-hydrogen) atoms. The molecule has 0 aromatic rings. The van der Waals surface area contributed by atoms with Crippen LogP contribution < -0.4 is 5.73 Å². The first kappa shape index (κ1) is 12.3. The van der Waals surface area contributed by atoms with Gasteiger partial charge in [-0.05, 0) is 19.4 Å². The Morgan fingerprint density at radius 2 is 2.33 bits per heavy atom. The molecule has 0 aromatic carbocycles. The van der Waals surface area contributed by atoms with Gasteiger partial charge in [0.05, 0.1) is 6.61 Å². The first-order valence-electron chi connectivity index (χ1n) is 5.51. The predicted octanol–water partition coefficient (Wildman–Crippen LogP) is 0.216. The summed E-state index contributed by atoms with van der Waals surface area (Å²) in [5.41, 5.74) is 5.53. The van der Waals surface area contributed by atoms with E-state index < -0.39 is 0 Å². The Labute approximate surface area is 90.6 Å². The number of amidine groups is 1. The zero-order valence-electron chi connectivity index (χ0n) is 9.26. The maximum absolute atomic E-state index is 9.22. The third kappa shape index (κ3) is 3.35. The minimum Gasteiger partial charge on any atom is -0.409 e. The molecule has 0 amide bonds. The van der Waals surface area contributed by atoms with Crippen molar-refractivity contribution in [2.45, 2.75) is 32.2 Å². The molecule has 1 aliphatic heterocycles. The highest BCUT2D eigenvalue weighted by Gasteiger charge is 2.23. The lowest BCUT2D eigenvalue weighted by molar-refractivity contribution is 0.0845. The summed E-state index contributed by atoms with van der Waals surface area (Å²) in [6.45, 7) is 3.87. The molecule has 5 heteroatoms. The topological polar surface area (TPSA) is 82.1 Å². The standard InChI is InChI=1S/C10H21N3O2/c1-8(10(11)12-15)6-13-5-3-2-4-9(13)7-14/h8-9,14-15H,2-7H2,1H3,(H2,11,12). The summed E-state index contributed by atoms with van der Waals surface area (Å²) in [5.74, 6) is 0.291. The van der Waals surface area contributed by atoms with Crippen molar-refractivity contribution < 1.29 is 10.3 Å². The molecule has 1 heterocycles. The van der Waals surface area contributed by atoms with Gasteiger partial charge in [-0.25, -0.2) is 0 Å². The fraction of sp³-hybridized carbons (Fsp3) is 0.900.